The number of anilines is 2. The van der Waals surface area contributed by atoms with Crippen LogP contribution in [0.25, 0.3) is 0 Å². The van der Waals surface area contributed by atoms with E-state index in [9.17, 15) is 19.5 Å². The standard InChI is InChI=1S/C34H40ClN3O6/c1-6-17-36(23-13-15-24(16-14-23)43-8-3)30(40)27-28-31(41)38(19-20-39)29(34(28)21-22(4)33(27,5)44-34)32(42)37(18-7-2)26-12-10-9-11-25(26)35/h6-7,9-16,22,27-29,39H,1-2,8,17-21H2,3-5H3/t22?,27-,28+,29?,33+,34?/m1/s1. The van der Waals surface area contributed by atoms with Crippen LogP contribution in [0, 0.1) is 17.8 Å². The second-order valence-electron chi connectivity index (χ2n) is 11.8. The average Bonchev–Trinajstić information content (AvgIpc) is 3.52. The second kappa shape index (κ2) is 12.4. The van der Waals surface area contributed by atoms with Crippen molar-refractivity contribution in [3.63, 3.8) is 0 Å². The molecule has 0 radical (unpaired) electrons. The number of hydrogen-bond acceptors (Lipinski definition) is 6. The van der Waals surface area contributed by atoms with Crippen molar-refractivity contribution in [2.24, 2.45) is 17.8 Å². The van der Waals surface area contributed by atoms with E-state index >= 15 is 0 Å². The van der Waals surface area contributed by atoms with Crippen molar-refractivity contribution in [3.05, 3.63) is 78.9 Å². The third-order valence-electron chi connectivity index (χ3n) is 9.41. The fraction of sp³-hybridized carbons (Fsp3) is 0.441. The zero-order chi connectivity index (χ0) is 31.8. The van der Waals surface area contributed by atoms with Crippen LogP contribution in [-0.4, -0.2) is 77.8 Å². The molecule has 2 bridgehead atoms. The molecule has 0 saturated carbocycles. The lowest BCUT2D eigenvalue weighted by atomic mass is 9.62. The van der Waals surface area contributed by atoms with Crippen LogP contribution >= 0.6 is 11.6 Å². The van der Waals surface area contributed by atoms with Crippen molar-refractivity contribution in [2.45, 2.75) is 44.4 Å². The van der Waals surface area contributed by atoms with Gasteiger partial charge in [-0.15, -0.1) is 13.2 Å². The molecule has 3 fully saturated rings. The van der Waals surface area contributed by atoms with E-state index < -0.39 is 35.0 Å². The van der Waals surface area contributed by atoms with Crippen molar-refractivity contribution in [1.29, 1.82) is 0 Å². The Morgan fingerprint density at radius 3 is 2.39 bits per heavy atom. The van der Waals surface area contributed by atoms with Crippen LogP contribution < -0.4 is 14.5 Å². The molecule has 2 aromatic rings. The summed E-state index contributed by atoms with van der Waals surface area (Å²) in [5.74, 6) is -2.34. The minimum absolute atomic E-state index is 0.0808. The number of para-hydroxylation sites is 1. The number of benzene rings is 2. The number of β-amino-alcohol motifs (C(OH)–C–C–N with tert-alkyl or cyclic N) is 1. The van der Waals surface area contributed by atoms with Crippen molar-refractivity contribution in [3.8, 4) is 5.75 Å². The summed E-state index contributed by atoms with van der Waals surface area (Å²) in [7, 11) is 0. The van der Waals surface area contributed by atoms with E-state index in [0.29, 0.717) is 35.2 Å². The van der Waals surface area contributed by atoms with Crippen LogP contribution in [0.5, 0.6) is 5.75 Å². The number of aliphatic hydroxyl groups excluding tert-OH is 1. The third kappa shape index (κ3) is 4.91. The molecule has 3 unspecified atom stereocenters. The Hall–Kier alpha value is -3.66. The molecular formula is C34H40ClN3O6. The molecule has 234 valence electrons. The average molecular weight is 622 g/mol. The maximum absolute atomic E-state index is 14.6. The number of nitrogens with zero attached hydrogens (tertiary/aromatic N) is 3. The number of aliphatic hydroxyl groups is 1. The summed E-state index contributed by atoms with van der Waals surface area (Å²) in [6, 6.07) is 13.1. The molecule has 9 nitrogen and oxygen atoms in total. The number of rotatable bonds is 12. The number of likely N-dealkylation sites (tertiary alicyclic amines) is 1. The van der Waals surface area contributed by atoms with Crippen LogP contribution in [0.4, 0.5) is 11.4 Å². The Labute approximate surface area is 263 Å². The Morgan fingerprint density at radius 2 is 1.77 bits per heavy atom. The van der Waals surface area contributed by atoms with Gasteiger partial charge in [0.1, 0.15) is 17.4 Å². The van der Waals surface area contributed by atoms with Crippen molar-refractivity contribution >= 4 is 40.7 Å². The number of fused-ring (bicyclic) bond motifs is 1. The molecule has 1 spiro atoms. The Balaban J connectivity index is 1.59. The molecule has 2 aromatic carbocycles. The lowest BCUT2D eigenvalue weighted by Crippen LogP contribution is -2.57. The largest absolute Gasteiger partial charge is 0.494 e. The number of amides is 3. The van der Waals surface area contributed by atoms with E-state index in [4.69, 9.17) is 21.1 Å². The highest BCUT2D eigenvalue weighted by Gasteiger charge is 2.80. The first-order valence-corrected chi connectivity index (χ1v) is 15.4. The molecule has 0 aliphatic carbocycles. The SMILES string of the molecule is C=CCN(C(=O)[C@H]1[C@H]2C(=O)N(CCO)C(C(=O)N(CC=C)c3ccccc3Cl)C23CC(C)[C@]1(C)O3)c1ccc(OCC)cc1. The van der Waals surface area contributed by atoms with E-state index in [2.05, 4.69) is 13.2 Å². The maximum Gasteiger partial charge on any atom is 0.253 e. The van der Waals surface area contributed by atoms with Gasteiger partial charge in [-0.05, 0) is 62.6 Å². The smallest absolute Gasteiger partial charge is 0.253 e. The molecule has 1 N–H and O–H groups in total. The summed E-state index contributed by atoms with van der Waals surface area (Å²) in [5.41, 5.74) is -1.19. The van der Waals surface area contributed by atoms with Gasteiger partial charge in [-0.1, -0.05) is 42.8 Å². The number of hydrogen-bond donors (Lipinski definition) is 1. The first-order chi connectivity index (χ1) is 21.1. The van der Waals surface area contributed by atoms with Crippen LogP contribution in [0.15, 0.2) is 73.8 Å². The topological polar surface area (TPSA) is 99.6 Å². The Kier molecular flexibility index (Phi) is 8.94. The fourth-order valence-corrected chi connectivity index (χ4v) is 7.74. The Morgan fingerprint density at radius 1 is 1.11 bits per heavy atom. The molecule has 44 heavy (non-hydrogen) atoms. The normalized spacial score (nSPS) is 28.5. The molecule has 0 aromatic heterocycles. The van der Waals surface area contributed by atoms with E-state index in [1.807, 2.05) is 20.8 Å². The summed E-state index contributed by atoms with van der Waals surface area (Å²) in [6.45, 7) is 13.9. The first-order valence-electron chi connectivity index (χ1n) is 15.0. The number of carbonyl (C=O) groups is 3. The van der Waals surface area contributed by atoms with Gasteiger partial charge in [-0.2, -0.15) is 0 Å². The lowest BCUT2D eigenvalue weighted by Gasteiger charge is -2.39. The lowest BCUT2D eigenvalue weighted by molar-refractivity contribution is -0.146. The van der Waals surface area contributed by atoms with Crippen LogP contribution in [0.3, 0.4) is 0 Å². The highest BCUT2D eigenvalue weighted by atomic mass is 35.5. The summed E-state index contributed by atoms with van der Waals surface area (Å²) in [6.07, 6.45) is 3.63. The second-order valence-corrected chi connectivity index (χ2v) is 12.2. The van der Waals surface area contributed by atoms with Gasteiger partial charge in [-0.3, -0.25) is 14.4 Å². The Bertz CT molecular complexity index is 1450. The molecule has 3 aliphatic heterocycles. The van der Waals surface area contributed by atoms with Gasteiger partial charge in [0, 0.05) is 25.3 Å². The molecule has 5 rings (SSSR count). The quantitative estimate of drug-likeness (QED) is 0.351. The molecule has 3 amide bonds. The van der Waals surface area contributed by atoms with Gasteiger partial charge in [0.2, 0.25) is 11.8 Å². The van der Waals surface area contributed by atoms with Crippen LogP contribution in [0.1, 0.15) is 27.2 Å². The van der Waals surface area contributed by atoms with Gasteiger partial charge >= 0.3 is 0 Å². The first kappa shape index (κ1) is 31.8. The fourth-order valence-electron chi connectivity index (χ4n) is 7.51. The summed E-state index contributed by atoms with van der Waals surface area (Å²) in [5, 5.41) is 10.4. The monoisotopic (exact) mass is 621 g/mol. The van der Waals surface area contributed by atoms with Gasteiger partial charge < -0.3 is 29.3 Å². The molecule has 10 heteroatoms. The molecular weight excluding hydrogens is 582 g/mol. The molecule has 3 saturated heterocycles. The summed E-state index contributed by atoms with van der Waals surface area (Å²) >= 11 is 6.53. The van der Waals surface area contributed by atoms with E-state index in [-0.39, 0.29) is 44.0 Å². The minimum Gasteiger partial charge on any atom is -0.494 e. The van der Waals surface area contributed by atoms with Crippen molar-refractivity contribution in [1.82, 2.24) is 4.90 Å². The van der Waals surface area contributed by atoms with Gasteiger partial charge in [0.15, 0.2) is 0 Å². The van der Waals surface area contributed by atoms with Crippen LogP contribution in [-0.2, 0) is 19.1 Å². The zero-order valence-electron chi connectivity index (χ0n) is 25.4. The predicted molar refractivity (Wildman–Crippen MR) is 170 cm³/mol. The van der Waals surface area contributed by atoms with Crippen LogP contribution in [0.2, 0.25) is 5.02 Å². The number of carbonyl (C=O) groups excluding carboxylic acids is 3. The molecule has 3 aliphatic rings. The predicted octanol–water partition coefficient (Wildman–Crippen LogP) is 4.48. The van der Waals surface area contributed by atoms with Gasteiger partial charge in [-0.25, -0.2) is 0 Å². The highest BCUT2D eigenvalue weighted by molar-refractivity contribution is 6.34. The molecule has 6 atom stereocenters. The summed E-state index contributed by atoms with van der Waals surface area (Å²) in [4.78, 5) is 48.1. The number of halogens is 1. The van der Waals surface area contributed by atoms with Crippen molar-refractivity contribution < 1.29 is 29.0 Å². The van der Waals surface area contributed by atoms with E-state index in [1.54, 1.807) is 65.6 Å². The summed E-state index contributed by atoms with van der Waals surface area (Å²) < 4.78 is 12.4. The zero-order valence-corrected chi connectivity index (χ0v) is 26.2. The van der Waals surface area contributed by atoms with Crippen molar-refractivity contribution in [2.75, 3.05) is 42.6 Å². The highest BCUT2D eigenvalue weighted by Crippen LogP contribution is 2.65. The minimum atomic E-state index is -1.28. The van der Waals surface area contributed by atoms with Gasteiger partial charge in [0.05, 0.1) is 41.4 Å². The molecule has 3 heterocycles. The van der Waals surface area contributed by atoms with E-state index in [0.717, 1.165) is 0 Å². The maximum atomic E-state index is 14.6. The van der Waals surface area contributed by atoms with Gasteiger partial charge in [0.25, 0.3) is 5.91 Å². The number of ether oxygens (including phenoxy) is 2. The van der Waals surface area contributed by atoms with E-state index in [1.165, 1.54) is 9.80 Å². The third-order valence-corrected chi connectivity index (χ3v) is 9.73.